The molecule has 1 aromatic rings. The van der Waals surface area contributed by atoms with Crippen molar-refractivity contribution in [1.29, 1.82) is 0 Å². The number of benzene rings is 1. The minimum atomic E-state index is -3.98. The molecule has 0 N–H and O–H groups in total. The third-order valence-corrected chi connectivity index (χ3v) is 3.83. The number of hydrogen-bond acceptors (Lipinski definition) is 6. The zero-order chi connectivity index (χ0) is 15.9. The van der Waals surface area contributed by atoms with Crippen LogP contribution in [0.5, 0.6) is 0 Å². The van der Waals surface area contributed by atoms with Gasteiger partial charge in [0.05, 0.1) is 30.3 Å². The topological polar surface area (TPSA) is 78.9 Å². The second-order valence-electron chi connectivity index (χ2n) is 3.85. The highest BCUT2D eigenvalue weighted by atomic mass is 35.7. The van der Waals surface area contributed by atoms with Gasteiger partial charge in [0, 0.05) is 22.8 Å². The monoisotopic (exact) mass is 356 g/mol. The highest BCUT2D eigenvalue weighted by Gasteiger charge is 2.16. The minimum Gasteiger partial charge on any atom is -0.460 e. The lowest BCUT2D eigenvalue weighted by atomic mass is 10.2. The highest BCUT2D eigenvalue weighted by Crippen LogP contribution is 2.22. The Morgan fingerprint density at radius 3 is 2.43 bits per heavy atom. The Morgan fingerprint density at radius 2 is 1.81 bits per heavy atom. The molecule has 0 aliphatic heterocycles. The van der Waals surface area contributed by atoms with Crippen LogP contribution in [0, 0.1) is 0 Å². The van der Waals surface area contributed by atoms with Crippen molar-refractivity contribution < 1.29 is 27.4 Å². The number of methoxy groups -OCH3 is 1. The van der Waals surface area contributed by atoms with Gasteiger partial charge < -0.3 is 14.2 Å². The average molecular weight is 357 g/mol. The van der Waals surface area contributed by atoms with Crippen LogP contribution in [0.15, 0.2) is 23.1 Å². The van der Waals surface area contributed by atoms with Gasteiger partial charge >= 0.3 is 5.97 Å². The van der Waals surface area contributed by atoms with E-state index in [1.807, 2.05) is 0 Å². The molecule has 9 heteroatoms. The molecule has 0 aliphatic rings. The maximum Gasteiger partial charge on any atom is 0.338 e. The Labute approximate surface area is 132 Å². The fourth-order valence-electron chi connectivity index (χ4n) is 1.34. The molecular formula is C12H14Cl2O6S. The first-order chi connectivity index (χ1) is 9.84. The Morgan fingerprint density at radius 1 is 1.14 bits per heavy atom. The van der Waals surface area contributed by atoms with Crippen LogP contribution >= 0.6 is 22.3 Å². The highest BCUT2D eigenvalue weighted by molar-refractivity contribution is 8.13. The van der Waals surface area contributed by atoms with Gasteiger partial charge in [-0.05, 0) is 18.2 Å². The van der Waals surface area contributed by atoms with Crippen LogP contribution in [0.4, 0.5) is 0 Å². The number of ether oxygens (including phenoxy) is 3. The number of hydrogen-bond donors (Lipinski definition) is 0. The maximum absolute atomic E-state index is 11.8. The molecule has 6 nitrogen and oxygen atoms in total. The molecule has 0 atom stereocenters. The van der Waals surface area contributed by atoms with Gasteiger partial charge in [0.15, 0.2) is 0 Å². The quantitative estimate of drug-likeness (QED) is 0.403. The molecule has 0 spiro atoms. The molecule has 0 radical (unpaired) electrons. The maximum atomic E-state index is 11.8. The van der Waals surface area contributed by atoms with Gasteiger partial charge in [0.1, 0.15) is 6.61 Å². The van der Waals surface area contributed by atoms with Crippen molar-refractivity contribution in [3.8, 4) is 0 Å². The van der Waals surface area contributed by atoms with Crippen molar-refractivity contribution in [2.45, 2.75) is 4.90 Å². The number of esters is 1. The van der Waals surface area contributed by atoms with Gasteiger partial charge in [0.25, 0.3) is 9.05 Å². The predicted octanol–water partition coefficient (Wildman–Crippen LogP) is 2.09. The lowest BCUT2D eigenvalue weighted by Gasteiger charge is -2.07. The molecule has 0 heterocycles. The molecule has 0 saturated heterocycles. The van der Waals surface area contributed by atoms with E-state index in [-0.39, 0.29) is 28.7 Å². The summed E-state index contributed by atoms with van der Waals surface area (Å²) in [7, 11) is 2.78. The van der Waals surface area contributed by atoms with Crippen molar-refractivity contribution in [3.63, 3.8) is 0 Å². The van der Waals surface area contributed by atoms with Crippen LogP contribution < -0.4 is 0 Å². The lowest BCUT2D eigenvalue weighted by Crippen LogP contribution is -2.13. The summed E-state index contributed by atoms with van der Waals surface area (Å²) in [5, 5.41) is 0.0695. The fourth-order valence-corrected chi connectivity index (χ4v) is 2.44. The van der Waals surface area contributed by atoms with E-state index in [2.05, 4.69) is 0 Å². The summed E-state index contributed by atoms with van der Waals surface area (Å²) in [5.74, 6) is -0.714. The second kappa shape index (κ2) is 8.55. The summed E-state index contributed by atoms with van der Waals surface area (Å²) in [6.45, 7) is 1.06. The Bertz CT molecular complexity index is 587. The van der Waals surface area contributed by atoms with Gasteiger partial charge in [-0.1, -0.05) is 11.6 Å². The largest absolute Gasteiger partial charge is 0.460 e. The zero-order valence-corrected chi connectivity index (χ0v) is 13.5. The van der Waals surface area contributed by atoms with Crippen molar-refractivity contribution in [3.05, 3.63) is 28.8 Å². The van der Waals surface area contributed by atoms with Crippen LogP contribution in [-0.4, -0.2) is 47.9 Å². The van der Waals surface area contributed by atoms with Crippen molar-refractivity contribution >= 4 is 37.3 Å². The molecule has 118 valence electrons. The van der Waals surface area contributed by atoms with Crippen molar-refractivity contribution in [2.24, 2.45) is 0 Å². The van der Waals surface area contributed by atoms with E-state index in [1.54, 1.807) is 7.11 Å². The van der Waals surface area contributed by atoms with E-state index in [4.69, 9.17) is 36.5 Å². The Hall–Kier alpha value is -0.860. The van der Waals surface area contributed by atoms with E-state index in [0.717, 1.165) is 12.1 Å². The molecule has 1 rings (SSSR count). The molecule has 1 aromatic carbocycles. The van der Waals surface area contributed by atoms with Gasteiger partial charge in [0.2, 0.25) is 0 Å². The van der Waals surface area contributed by atoms with Gasteiger partial charge in [-0.15, -0.1) is 0 Å². The predicted molar refractivity (Wildman–Crippen MR) is 77.5 cm³/mol. The SMILES string of the molecule is COCCOCCOC(=O)c1cc(Cl)cc(S(=O)(=O)Cl)c1. The minimum absolute atomic E-state index is 0.00128. The first kappa shape index (κ1) is 18.2. The molecule has 0 amide bonds. The first-order valence-corrected chi connectivity index (χ1v) is 8.52. The van der Waals surface area contributed by atoms with Gasteiger partial charge in [-0.2, -0.15) is 0 Å². The summed E-state index contributed by atoms with van der Waals surface area (Å²) in [5.41, 5.74) is -0.00128. The zero-order valence-electron chi connectivity index (χ0n) is 11.2. The summed E-state index contributed by atoms with van der Waals surface area (Å²) >= 11 is 5.75. The van der Waals surface area contributed by atoms with E-state index in [0.29, 0.717) is 13.2 Å². The average Bonchev–Trinajstić information content (AvgIpc) is 2.40. The van der Waals surface area contributed by atoms with Crippen LogP contribution in [0.2, 0.25) is 5.02 Å². The van der Waals surface area contributed by atoms with E-state index < -0.39 is 15.0 Å². The number of halogens is 2. The van der Waals surface area contributed by atoms with Crippen molar-refractivity contribution in [2.75, 3.05) is 33.5 Å². The van der Waals surface area contributed by atoms with Crippen LogP contribution in [0.3, 0.4) is 0 Å². The third kappa shape index (κ3) is 6.62. The van der Waals surface area contributed by atoms with Gasteiger partial charge in [-0.25, -0.2) is 13.2 Å². The summed E-state index contributed by atoms with van der Waals surface area (Å²) in [6.07, 6.45) is 0. The summed E-state index contributed by atoms with van der Waals surface area (Å²) in [6, 6.07) is 3.54. The number of carbonyl (C=O) groups is 1. The fraction of sp³-hybridized carbons (Fsp3) is 0.417. The molecular weight excluding hydrogens is 343 g/mol. The molecule has 0 aliphatic carbocycles. The smallest absolute Gasteiger partial charge is 0.338 e. The number of rotatable bonds is 8. The summed E-state index contributed by atoms with van der Waals surface area (Å²) in [4.78, 5) is 11.5. The van der Waals surface area contributed by atoms with Crippen LogP contribution in [0.1, 0.15) is 10.4 Å². The lowest BCUT2D eigenvalue weighted by molar-refractivity contribution is 0.0213. The van der Waals surface area contributed by atoms with Gasteiger partial charge in [-0.3, -0.25) is 0 Å². The van der Waals surface area contributed by atoms with Crippen LogP contribution in [-0.2, 0) is 23.3 Å². The van der Waals surface area contributed by atoms with E-state index >= 15 is 0 Å². The van der Waals surface area contributed by atoms with Crippen LogP contribution in [0.25, 0.3) is 0 Å². The first-order valence-electron chi connectivity index (χ1n) is 5.83. The second-order valence-corrected chi connectivity index (χ2v) is 6.86. The third-order valence-electron chi connectivity index (χ3n) is 2.28. The molecule has 0 saturated carbocycles. The molecule has 0 bridgehead atoms. The Balaban J connectivity index is 2.60. The van der Waals surface area contributed by atoms with E-state index in [1.165, 1.54) is 6.07 Å². The molecule has 0 unspecified atom stereocenters. The van der Waals surface area contributed by atoms with E-state index in [9.17, 15) is 13.2 Å². The Kier molecular flexibility index (Phi) is 7.41. The van der Waals surface area contributed by atoms with Crippen molar-refractivity contribution in [1.82, 2.24) is 0 Å². The standard InChI is InChI=1S/C12H14Cl2O6S/c1-18-2-3-19-4-5-20-12(15)9-6-10(13)8-11(7-9)21(14,16)17/h6-8H,2-5H2,1H3. The summed E-state index contributed by atoms with van der Waals surface area (Å²) < 4.78 is 37.3. The number of carbonyl (C=O) groups excluding carboxylic acids is 1. The normalized spacial score (nSPS) is 11.4. The molecule has 0 aromatic heterocycles. The molecule has 0 fully saturated rings. The molecule has 21 heavy (non-hydrogen) atoms.